The number of nitrogens with zero attached hydrogens (tertiary/aromatic N) is 1. The number of phenols is 1. The van der Waals surface area contributed by atoms with Crippen molar-refractivity contribution in [2.24, 2.45) is 5.10 Å². The Morgan fingerprint density at radius 1 is 1.29 bits per heavy atom. The first-order valence-corrected chi connectivity index (χ1v) is 8.12. The van der Waals surface area contributed by atoms with E-state index in [4.69, 9.17) is 0 Å². The van der Waals surface area contributed by atoms with Gasteiger partial charge in [0, 0.05) is 15.7 Å². The Balaban J connectivity index is 1.88. The fourth-order valence-corrected chi connectivity index (χ4v) is 2.43. The van der Waals surface area contributed by atoms with Gasteiger partial charge in [0.05, 0.1) is 12.8 Å². The summed E-state index contributed by atoms with van der Waals surface area (Å²) in [7, 11) is 0. The zero-order chi connectivity index (χ0) is 17.4. The highest BCUT2D eigenvalue weighted by molar-refractivity contribution is 9.10. The minimum absolute atomic E-state index is 0.0935. The third-order valence-corrected chi connectivity index (χ3v) is 3.68. The van der Waals surface area contributed by atoms with Crippen LogP contribution in [0, 0.1) is 0 Å². The van der Waals surface area contributed by atoms with Crippen LogP contribution in [0.15, 0.2) is 64.7 Å². The van der Waals surface area contributed by atoms with Gasteiger partial charge in [-0.1, -0.05) is 40.2 Å². The molecular weight excluding hydrogens is 370 g/mol. The van der Waals surface area contributed by atoms with Gasteiger partial charge >= 0.3 is 0 Å². The number of hydrogen-bond acceptors (Lipinski definition) is 4. The van der Waals surface area contributed by atoms with Crippen molar-refractivity contribution in [2.45, 2.75) is 6.42 Å². The Labute approximate surface area is 149 Å². The van der Waals surface area contributed by atoms with Gasteiger partial charge in [-0.05, 0) is 36.2 Å². The first-order valence-electron chi connectivity index (χ1n) is 7.33. The summed E-state index contributed by atoms with van der Waals surface area (Å²) >= 11 is 3.37. The lowest BCUT2D eigenvalue weighted by atomic mass is 10.1. The molecule has 0 unspecified atom stereocenters. The highest BCUT2D eigenvalue weighted by Crippen LogP contribution is 2.21. The molecule has 2 rings (SSSR count). The second-order valence-corrected chi connectivity index (χ2v) is 5.92. The van der Waals surface area contributed by atoms with Crippen molar-refractivity contribution >= 4 is 33.7 Å². The van der Waals surface area contributed by atoms with Crippen LogP contribution in [-0.2, 0) is 11.2 Å². The highest BCUT2D eigenvalue weighted by Gasteiger charge is 2.04. The van der Waals surface area contributed by atoms with Gasteiger partial charge in [0.15, 0.2) is 0 Å². The fourth-order valence-electron chi connectivity index (χ4n) is 2.03. The molecule has 0 saturated carbocycles. The van der Waals surface area contributed by atoms with Crippen LogP contribution in [0.25, 0.3) is 0 Å². The van der Waals surface area contributed by atoms with Crippen LogP contribution in [-0.4, -0.2) is 23.8 Å². The number of nitrogens with one attached hydrogen (secondary N) is 2. The van der Waals surface area contributed by atoms with Crippen LogP contribution in [0.5, 0.6) is 5.75 Å². The maximum Gasteiger partial charge on any atom is 0.259 e. The number of rotatable bonds is 7. The van der Waals surface area contributed by atoms with Crippen LogP contribution in [0.3, 0.4) is 0 Å². The number of halogens is 1. The van der Waals surface area contributed by atoms with Crippen LogP contribution in [0.2, 0.25) is 0 Å². The second kappa shape index (κ2) is 8.88. The molecule has 6 heteroatoms. The smallest absolute Gasteiger partial charge is 0.259 e. The average Bonchev–Trinajstić information content (AvgIpc) is 2.56. The van der Waals surface area contributed by atoms with Crippen molar-refractivity contribution < 1.29 is 9.90 Å². The van der Waals surface area contributed by atoms with Gasteiger partial charge in [0.2, 0.25) is 0 Å². The van der Waals surface area contributed by atoms with Crippen LogP contribution in [0.4, 0.5) is 5.69 Å². The van der Waals surface area contributed by atoms with Crippen molar-refractivity contribution in [1.29, 1.82) is 0 Å². The Hall–Kier alpha value is -2.60. The molecule has 0 saturated heterocycles. The van der Waals surface area contributed by atoms with Crippen LogP contribution >= 0.6 is 15.9 Å². The first-order chi connectivity index (χ1) is 11.6. The predicted octanol–water partition coefficient (Wildman–Crippen LogP) is 3.45. The number of carbonyl (C=O) groups is 1. The fraction of sp³-hybridized carbons (Fsp3) is 0.111. The summed E-state index contributed by atoms with van der Waals surface area (Å²) in [5.74, 6) is -0.143. The molecule has 0 aliphatic rings. The highest BCUT2D eigenvalue weighted by atomic mass is 79.9. The van der Waals surface area contributed by atoms with Crippen LogP contribution < -0.4 is 10.7 Å². The van der Waals surface area contributed by atoms with E-state index in [-0.39, 0.29) is 18.2 Å². The zero-order valence-corrected chi connectivity index (χ0v) is 14.6. The topological polar surface area (TPSA) is 73.7 Å². The van der Waals surface area contributed by atoms with Crippen molar-refractivity contribution in [2.75, 3.05) is 11.9 Å². The summed E-state index contributed by atoms with van der Waals surface area (Å²) in [6.07, 6.45) is 3.70. The predicted molar refractivity (Wildman–Crippen MR) is 100 cm³/mol. The molecule has 24 heavy (non-hydrogen) atoms. The van der Waals surface area contributed by atoms with E-state index in [9.17, 15) is 9.90 Å². The summed E-state index contributed by atoms with van der Waals surface area (Å²) in [6.45, 7) is 3.74. The number of para-hydroxylation sites is 1. The molecule has 124 valence electrons. The van der Waals surface area contributed by atoms with E-state index in [1.165, 1.54) is 6.21 Å². The third kappa shape index (κ3) is 5.24. The Morgan fingerprint density at radius 2 is 2.08 bits per heavy atom. The summed E-state index contributed by atoms with van der Waals surface area (Å²) in [6, 6.07) is 12.9. The molecule has 2 aromatic rings. The Morgan fingerprint density at radius 3 is 2.83 bits per heavy atom. The van der Waals surface area contributed by atoms with E-state index in [0.29, 0.717) is 12.0 Å². The molecular formula is C18H18BrN3O2. The molecule has 5 nitrogen and oxygen atoms in total. The van der Waals surface area contributed by atoms with E-state index in [2.05, 4.69) is 38.4 Å². The third-order valence-electron chi connectivity index (χ3n) is 3.19. The molecule has 2 aromatic carbocycles. The van der Waals surface area contributed by atoms with Crippen molar-refractivity contribution in [3.05, 3.63) is 70.7 Å². The van der Waals surface area contributed by atoms with Gasteiger partial charge in [-0.3, -0.25) is 4.79 Å². The van der Waals surface area contributed by atoms with E-state index in [1.54, 1.807) is 12.1 Å². The number of hydrogen-bond donors (Lipinski definition) is 3. The maximum atomic E-state index is 11.8. The molecule has 0 heterocycles. The summed E-state index contributed by atoms with van der Waals surface area (Å²) in [5, 5.41) is 17.0. The number of aromatic hydroxyl groups is 1. The summed E-state index contributed by atoms with van der Waals surface area (Å²) < 4.78 is 0.931. The summed E-state index contributed by atoms with van der Waals surface area (Å²) in [5.41, 5.74) is 4.55. The molecule has 1 amide bonds. The molecule has 0 fully saturated rings. The molecule has 0 spiro atoms. The molecule has 0 bridgehead atoms. The number of phenolic OH excluding ortho intramolecular Hbond substituents is 1. The monoisotopic (exact) mass is 387 g/mol. The van der Waals surface area contributed by atoms with Gasteiger partial charge in [0.25, 0.3) is 5.91 Å². The lowest BCUT2D eigenvalue weighted by molar-refractivity contribution is -0.119. The van der Waals surface area contributed by atoms with E-state index in [1.807, 2.05) is 36.4 Å². The Kier molecular flexibility index (Phi) is 6.57. The van der Waals surface area contributed by atoms with Gasteiger partial charge in [-0.2, -0.15) is 5.10 Å². The van der Waals surface area contributed by atoms with E-state index >= 15 is 0 Å². The standard InChI is InChI=1S/C18H18BrN3O2/c1-2-5-13-6-3-7-14(18(13)24)11-21-22-17(23)12-20-16-9-4-8-15(19)10-16/h2-4,6-11,20,24H,1,5,12H2,(H,22,23)/b21-11+. The van der Waals surface area contributed by atoms with Crippen molar-refractivity contribution in [1.82, 2.24) is 5.43 Å². The van der Waals surface area contributed by atoms with Crippen LogP contribution in [0.1, 0.15) is 11.1 Å². The molecule has 0 atom stereocenters. The zero-order valence-electron chi connectivity index (χ0n) is 13.0. The minimum Gasteiger partial charge on any atom is -0.507 e. The molecule has 0 radical (unpaired) electrons. The first kappa shape index (κ1) is 17.7. The molecule has 0 aromatic heterocycles. The molecule has 0 aliphatic heterocycles. The Bertz CT molecular complexity index is 760. The molecule has 3 N–H and O–H groups in total. The second-order valence-electron chi connectivity index (χ2n) is 5.00. The number of allylic oxidation sites excluding steroid dienone is 1. The largest absolute Gasteiger partial charge is 0.507 e. The number of hydrazone groups is 1. The lowest BCUT2D eigenvalue weighted by Gasteiger charge is -2.06. The summed E-state index contributed by atoms with van der Waals surface area (Å²) in [4.78, 5) is 11.8. The van der Waals surface area contributed by atoms with Gasteiger partial charge in [-0.25, -0.2) is 5.43 Å². The SMILES string of the molecule is C=CCc1cccc(/C=N/NC(=O)CNc2cccc(Br)c2)c1O. The number of carbonyl (C=O) groups excluding carboxylic acids is 1. The van der Waals surface area contributed by atoms with Gasteiger partial charge in [0.1, 0.15) is 5.75 Å². The van der Waals surface area contributed by atoms with E-state index < -0.39 is 0 Å². The van der Waals surface area contributed by atoms with Gasteiger partial charge in [-0.15, -0.1) is 6.58 Å². The lowest BCUT2D eigenvalue weighted by Crippen LogP contribution is -2.25. The number of anilines is 1. The maximum absolute atomic E-state index is 11.8. The number of benzene rings is 2. The van der Waals surface area contributed by atoms with E-state index in [0.717, 1.165) is 15.7 Å². The average molecular weight is 388 g/mol. The minimum atomic E-state index is -0.284. The quantitative estimate of drug-likeness (QED) is 0.387. The normalized spacial score (nSPS) is 10.5. The van der Waals surface area contributed by atoms with Crippen molar-refractivity contribution in [3.8, 4) is 5.75 Å². The van der Waals surface area contributed by atoms with Crippen molar-refractivity contribution in [3.63, 3.8) is 0 Å². The van der Waals surface area contributed by atoms with Gasteiger partial charge < -0.3 is 10.4 Å². The molecule has 0 aliphatic carbocycles. The number of amides is 1.